The van der Waals surface area contributed by atoms with Crippen molar-refractivity contribution in [2.45, 2.75) is 19.4 Å². The van der Waals surface area contributed by atoms with E-state index in [0.717, 1.165) is 10.6 Å². The number of nitrogens with two attached hydrogens (primary N) is 1. The Morgan fingerprint density at radius 2 is 2.06 bits per heavy atom. The first-order chi connectivity index (χ1) is 7.51. The summed E-state index contributed by atoms with van der Waals surface area (Å²) in [6.07, 6.45) is 0. The lowest BCUT2D eigenvalue weighted by Gasteiger charge is -2.26. The Kier molecular flexibility index (Phi) is 3.06. The number of hydrogen-bond acceptors (Lipinski definition) is 2. The van der Waals surface area contributed by atoms with Gasteiger partial charge in [-0.15, -0.1) is 11.3 Å². The van der Waals surface area contributed by atoms with Crippen molar-refractivity contribution in [1.82, 2.24) is 0 Å². The van der Waals surface area contributed by atoms with Crippen LogP contribution in [0.5, 0.6) is 0 Å². The van der Waals surface area contributed by atoms with Crippen LogP contribution >= 0.6 is 22.9 Å². The molecule has 1 nitrogen and oxygen atoms in total. The van der Waals surface area contributed by atoms with Gasteiger partial charge >= 0.3 is 0 Å². The van der Waals surface area contributed by atoms with Gasteiger partial charge in [-0.1, -0.05) is 23.7 Å². The predicted molar refractivity (Wildman–Crippen MR) is 71.1 cm³/mol. The summed E-state index contributed by atoms with van der Waals surface area (Å²) in [4.78, 5) is 1.25. The van der Waals surface area contributed by atoms with E-state index in [4.69, 9.17) is 17.3 Å². The second-order valence-corrected chi connectivity index (χ2v) is 5.66. The van der Waals surface area contributed by atoms with Gasteiger partial charge in [0.15, 0.2) is 0 Å². The van der Waals surface area contributed by atoms with Crippen LogP contribution < -0.4 is 5.73 Å². The van der Waals surface area contributed by atoms with E-state index in [1.807, 2.05) is 31.2 Å². The summed E-state index contributed by atoms with van der Waals surface area (Å²) in [5.41, 5.74) is 8.15. The molecule has 2 aromatic rings. The van der Waals surface area contributed by atoms with Crippen LogP contribution in [-0.2, 0) is 5.54 Å². The van der Waals surface area contributed by atoms with Crippen molar-refractivity contribution in [2.24, 2.45) is 5.73 Å². The Balaban J connectivity index is 2.51. The SMILES string of the molecule is Cc1sccc1C(C)(N)c1cccc(Cl)c1. The molecule has 16 heavy (non-hydrogen) atoms. The maximum atomic E-state index is 6.42. The van der Waals surface area contributed by atoms with Crippen LogP contribution in [0.15, 0.2) is 35.7 Å². The van der Waals surface area contributed by atoms with E-state index in [-0.39, 0.29) is 0 Å². The fourth-order valence-electron chi connectivity index (χ4n) is 1.89. The summed E-state index contributed by atoms with van der Waals surface area (Å²) >= 11 is 7.72. The van der Waals surface area contributed by atoms with Crippen LogP contribution in [0.4, 0.5) is 0 Å². The molecule has 3 heteroatoms. The van der Waals surface area contributed by atoms with Gasteiger partial charge in [-0.2, -0.15) is 0 Å². The molecule has 0 aliphatic heterocycles. The highest BCUT2D eigenvalue weighted by atomic mass is 35.5. The van der Waals surface area contributed by atoms with Gasteiger partial charge in [0, 0.05) is 9.90 Å². The monoisotopic (exact) mass is 251 g/mol. The Morgan fingerprint density at radius 1 is 1.31 bits per heavy atom. The van der Waals surface area contributed by atoms with Crippen molar-refractivity contribution in [3.05, 3.63) is 56.7 Å². The largest absolute Gasteiger partial charge is 0.318 e. The maximum absolute atomic E-state index is 6.42. The highest BCUT2D eigenvalue weighted by Crippen LogP contribution is 2.32. The number of rotatable bonds is 2. The van der Waals surface area contributed by atoms with Crippen molar-refractivity contribution >= 4 is 22.9 Å². The summed E-state index contributed by atoms with van der Waals surface area (Å²) in [7, 11) is 0. The number of halogens is 1. The molecule has 0 amide bonds. The van der Waals surface area contributed by atoms with Crippen LogP contribution in [0.2, 0.25) is 5.02 Å². The first-order valence-corrected chi connectivity index (χ1v) is 6.37. The van der Waals surface area contributed by atoms with Crippen LogP contribution in [0.25, 0.3) is 0 Å². The Hall–Kier alpha value is -0.830. The zero-order valence-electron chi connectivity index (χ0n) is 9.33. The Morgan fingerprint density at radius 3 is 2.62 bits per heavy atom. The molecule has 0 saturated carbocycles. The van der Waals surface area contributed by atoms with Crippen molar-refractivity contribution in [1.29, 1.82) is 0 Å². The fourth-order valence-corrected chi connectivity index (χ4v) is 2.90. The third-order valence-corrected chi connectivity index (χ3v) is 3.92. The topological polar surface area (TPSA) is 26.0 Å². The van der Waals surface area contributed by atoms with E-state index in [0.29, 0.717) is 0 Å². The van der Waals surface area contributed by atoms with Gasteiger partial charge in [0.05, 0.1) is 5.54 Å². The minimum atomic E-state index is -0.477. The van der Waals surface area contributed by atoms with E-state index in [1.165, 1.54) is 10.4 Å². The second-order valence-electron chi connectivity index (χ2n) is 4.10. The average molecular weight is 252 g/mol. The van der Waals surface area contributed by atoms with E-state index in [9.17, 15) is 0 Å². The summed E-state index contributed by atoms with van der Waals surface area (Å²) in [5.74, 6) is 0. The molecule has 0 fully saturated rings. The van der Waals surface area contributed by atoms with Crippen molar-refractivity contribution in [3.63, 3.8) is 0 Å². The minimum Gasteiger partial charge on any atom is -0.318 e. The lowest BCUT2D eigenvalue weighted by Crippen LogP contribution is -2.34. The van der Waals surface area contributed by atoms with Crippen LogP contribution in [-0.4, -0.2) is 0 Å². The molecule has 0 radical (unpaired) electrons. The fraction of sp³-hybridized carbons (Fsp3) is 0.231. The van der Waals surface area contributed by atoms with Gasteiger partial charge in [0.1, 0.15) is 0 Å². The first kappa shape index (κ1) is 11.6. The van der Waals surface area contributed by atoms with E-state index in [1.54, 1.807) is 11.3 Å². The van der Waals surface area contributed by atoms with Gasteiger partial charge in [0.25, 0.3) is 0 Å². The molecule has 0 saturated heterocycles. The third kappa shape index (κ3) is 2.01. The predicted octanol–water partition coefficient (Wildman–Crippen LogP) is 3.93. The van der Waals surface area contributed by atoms with Crippen LogP contribution in [0, 0.1) is 6.92 Å². The Labute approximate surface area is 105 Å². The molecule has 2 rings (SSSR count). The lowest BCUT2D eigenvalue weighted by molar-refractivity contribution is 0.602. The number of benzene rings is 1. The number of hydrogen-bond donors (Lipinski definition) is 1. The molecular weight excluding hydrogens is 238 g/mol. The maximum Gasteiger partial charge on any atom is 0.0648 e. The first-order valence-electron chi connectivity index (χ1n) is 5.11. The minimum absolute atomic E-state index is 0.477. The average Bonchev–Trinajstić information content (AvgIpc) is 2.65. The molecule has 0 aliphatic carbocycles. The summed E-state index contributed by atoms with van der Waals surface area (Å²) in [5, 5.41) is 2.79. The van der Waals surface area contributed by atoms with Gasteiger partial charge in [0.2, 0.25) is 0 Å². The lowest BCUT2D eigenvalue weighted by atomic mass is 9.86. The zero-order valence-corrected chi connectivity index (χ0v) is 10.9. The van der Waals surface area contributed by atoms with Gasteiger partial charge in [-0.05, 0) is 48.6 Å². The van der Waals surface area contributed by atoms with E-state index in [2.05, 4.69) is 18.4 Å². The molecule has 0 aliphatic rings. The molecule has 2 N–H and O–H groups in total. The van der Waals surface area contributed by atoms with Gasteiger partial charge < -0.3 is 5.73 Å². The molecule has 84 valence electrons. The summed E-state index contributed by atoms with van der Waals surface area (Å²) < 4.78 is 0. The summed E-state index contributed by atoms with van der Waals surface area (Å²) in [6.45, 7) is 4.11. The number of aryl methyl sites for hydroxylation is 1. The molecular formula is C13H14ClNS. The standard InChI is InChI=1S/C13H14ClNS/c1-9-12(6-7-16-9)13(2,15)10-4-3-5-11(14)8-10/h3-8H,15H2,1-2H3. The molecule has 1 heterocycles. The molecule has 1 aromatic heterocycles. The van der Waals surface area contributed by atoms with Gasteiger partial charge in [-0.25, -0.2) is 0 Å². The van der Waals surface area contributed by atoms with Crippen LogP contribution in [0.3, 0.4) is 0 Å². The molecule has 1 atom stereocenters. The zero-order chi connectivity index (χ0) is 11.8. The molecule has 0 spiro atoms. The molecule has 1 aromatic carbocycles. The summed E-state index contributed by atoms with van der Waals surface area (Å²) in [6, 6.07) is 9.83. The third-order valence-electron chi connectivity index (χ3n) is 2.84. The van der Waals surface area contributed by atoms with Gasteiger partial charge in [-0.3, -0.25) is 0 Å². The van der Waals surface area contributed by atoms with Crippen molar-refractivity contribution in [3.8, 4) is 0 Å². The Bertz CT molecular complexity index is 502. The smallest absolute Gasteiger partial charge is 0.0648 e. The van der Waals surface area contributed by atoms with Crippen LogP contribution in [0.1, 0.15) is 22.9 Å². The van der Waals surface area contributed by atoms with Crippen molar-refractivity contribution < 1.29 is 0 Å². The molecule has 1 unspecified atom stereocenters. The van der Waals surface area contributed by atoms with E-state index >= 15 is 0 Å². The quantitative estimate of drug-likeness (QED) is 0.860. The number of thiophene rings is 1. The highest BCUT2D eigenvalue weighted by Gasteiger charge is 2.26. The van der Waals surface area contributed by atoms with E-state index < -0.39 is 5.54 Å². The second kappa shape index (κ2) is 4.21. The molecule has 0 bridgehead atoms. The highest BCUT2D eigenvalue weighted by molar-refractivity contribution is 7.10. The normalized spacial score (nSPS) is 14.8. The van der Waals surface area contributed by atoms with Crippen molar-refractivity contribution in [2.75, 3.05) is 0 Å².